The molecule has 0 heterocycles. The van der Waals surface area contributed by atoms with E-state index in [1.807, 2.05) is 54.6 Å². The molecule has 0 aliphatic carbocycles. The molecule has 2 aromatic rings. The molecule has 150 valence electrons. The van der Waals surface area contributed by atoms with Gasteiger partial charge in [-0.25, -0.2) is 0 Å². The summed E-state index contributed by atoms with van der Waals surface area (Å²) in [4.78, 5) is 23.6. The van der Waals surface area contributed by atoms with Crippen LogP contribution >= 0.6 is 0 Å². The van der Waals surface area contributed by atoms with Crippen molar-refractivity contribution in [3.63, 3.8) is 0 Å². The quantitative estimate of drug-likeness (QED) is 0.624. The molecule has 28 heavy (non-hydrogen) atoms. The van der Waals surface area contributed by atoms with Gasteiger partial charge in [-0.15, -0.1) is 0 Å². The van der Waals surface area contributed by atoms with E-state index in [1.165, 1.54) is 0 Å². The summed E-state index contributed by atoms with van der Waals surface area (Å²) in [6, 6.07) is 18.0. The Morgan fingerprint density at radius 1 is 0.857 bits per heavy atom. The molecule has 5 nitrogen and oxygen atoms in total. The van der Waals surface area contributed by atoms with Crippen molar-refractivity contribution in [2.75, 3.05) is 6.54 Å². The minimum Gasteiger partial charge on any atom is -0.372 e. The van der Waals surface area contributed by atoms with Gasteiger partial charge in [0.05, 0.1) is 19.8 Å². The van der Waals surface area contributed by atoms with Crippen LogP contribution in [0.15, 0.2) is 54.6 Å². The zero-order valence-corrected chi connectivity index (χ0v) is 16.7. The fourth-order valence-electron chi connectivity index (χ4n) is 2.64. The lowest BCUT2D eigenvalue weighted by Gasteiger charge is -2.09. The summed E-state index contributed by atoms with van der Waals surface area (Å²) >= 11 is 0. The van der Waals surface area contributed by atoms with Crippen LogP contribution in [0.1, 0.15) is 43.4 Å². The second-order valence-corrected chi connectivity index (χ2v) is 7.28. The molecule has 0 aromatic heterocycles. The molecule has 0 radical (unpaired) electrons. The van der Waals surface area contributed by atoms with Crippen molar-refractivity contribution < 1.29 is 14.3 Å². The monoisotopic (exact) mass is 382 g/mol. The minimum absolute atomic E-state index is 0.0107. The number of ether oxygens (including phenoxy) is 1. The Hall–Kier alpha value is -2.66. The Morgan fingerprint density at radius 2 is 1.54 bits per heavy atom. The number of nitrogens with one attached hydrogen (secondary N) is 2. The standard InChI is InChI=1S/C23H30N2O3/c1-18(2)11-12-22(26)25-15-23(27)24-14-20-9-6-10-21(13-20)17-28-16-19-7-4-3-5-8-19/h3-10,13,18H,11-12,14-17H2,1-2H3,(H,24,27)(H,25,26). The van der Waals surface area contributed by atoms with Gasteiger partial charge in [0.2, 0.25) is 11.8 Å². The molecule has 2 N–H and O–H groups in total. The van der Waals surface area contributed by atoms with Gasteiger partial charge in [0.15, 0.2) is 0 Å². The van der Waals surface area contributed by atoms with E-state index in [0.29, 0.717) is 32.1 Å². The van der Waals surface area contributed by atoms with Gasteiger partial charge in [0.1, 0.15) is 0 Å². The first kappa shape index (κ1) is 21.6. The molecular formula is C23H30N2O3. The number of amides is 2. The average molecular weight is 383 g/mol. The van der Waals surface area contributed by atoms with Gasteiger partial charge in [-0.3, -0.25) is 9.59 Å². The number of benzene rings is 2. The largest absolute Gasteiger partial charge is 0.372 e. The van der Waals surface area contributed by atoms with Crippen LogP contribution in [-0.2, 0) is 34.1 Å². The SMILES string of the molecule is CC(C)CCC(=O)NCC(=O)NCc1cccc(COCc2ccccc2)c1. The fraction of sp³-hybridized carbons (Fsp3) is 0.391. The molecular weight excluding hydrogens is 352 g/mol. The number of carbonyl (C=O) groups is 2. The lowest BCUT2D eigenvalue weighted by molar-refractivity contribution is -0.126. The Morgan fingerprint density at radius 3 is 2.29 bits per heavy atom. The Balaban J connectivity index is 1.68. The molecule has 0 aliphatic rings. The van der Waals surface area contributed by atoms with Crippen LogP contribution in [0.25, 0.3) is 0 Å². The van der Waals surface area contributed by atoms with Gasteiger partial charge < -0.3 is 15.4 Å². The van der Waals surface area contributed by atoms with Crippen molar-refractivity contribution in [1.82, 2.24) is 10.6 Å². The molecule has 5 heteroatoms. The number of rotatable bonds is 11. The van der Waals surface area contributed by atoms with E-state index in [1.54, 1.807) is 0 Å². The molecule has 2 rings (SSSR count). The van der Waals surface area contributed by atoms with E-state index in [0.717, 1.165) is 23.1 Å². The predicted octanol–water partition coefficient (Wildman–Crippen LogP) is 3.57. The summed E-state index contributed by atoms with van der Waals surface area (Å²) < 4.78 is 5.76. The lowest BCUT2D eigenvalue weighted by Crippen LogP contribution is -2.36. The van der Waals surface area contributed by atoms with Crippen molar-refractivity contribution in [2.24, 2.45) is 5.92 Å². The van der Waals surface area contributed by atoms with Gasteiger partial charge in [-0.05, 0) is 29.0 Å². The first-order valence-corrected chi connectivity index (χ1v) is 9.76. The van der Waals surface area contributed by atoms with Crippen LogP contribution in [0, 0.1) is 5.92 Å². The highest BCUT2D eigenvalue weighted by atomic mass is 16.5. The van der Waals surface area contributed by atoms with E-state index >= 15 is 0 Å². The van der Waals surface area contributed by atoms with Crippen LogP contribution in [-0.4, -0.2) is 18.4 Å². The highest BCUT2D eigenvalue weighted by molar-refractivity contribution is 5.84. The first-order valence-electron chi connectivity index (χ1n) is 9.76. The second-order valence-electron chi connectivity index (χ2n) is 7.28. The van der Waals surface area contributed by atoms with Gasteiger partial charge in [0, 0.05) is 13.0 Å². The second kappa shape index (κ2) is 11.9. The third-order valence-electron chi connectivity index (χ3n) is 4.26. The summed E-state index contributed by atoms with van der Waals surface area (Å²) in [6.45, 7) is 5.66. The highest BCUT2D eigenvalue weighted by Gasteiger charge is 2.07. The summed E-state index contributed by atoms with van der Waals surface area (Å²) in [5, 5.41) is 5.49. The Bertz CT molecular complexity index is 745. The summed E-state index contributed by atoms with van der Waals surface area (Å²) in [7, 11) is 0. The molecule has 0 unspecified atom stereocenters. The fourth-order valence-corrected chi connectivity index (χ4v) is 2.64. The zero-order chi connectivity index (χ0) is 20.2. The van der Waals surface area contributed by atoms with Crippen LogP contribution in [0.5, 0.6) is 0 Å². The van der Waals surface area contributed by atoms with Crippen LogP contribution in [0.4, 0.5) is 0 Å². The maximum Gasteiger partial charge on any atom is 0.239 e. The number of hydrogen-bond donors (Lipinski definition) is 2. The average Bonchev–Trinajstić information content (AvgIpc) is 2.70. The summed E-state index contributed by atoms with van der Waals surface area (Å²) in [5.41, 5.74) is 3.20. The minimum atomic E-state index is -0.191. The van der Waals surface area contributed by atoms with Crippen molar-refractivity contribution in [3.05, 3.63) is 71.3 Å². The third kappa shape index (κ3) is 8.82. The maximum atomic E-state index is 11.9. The van der Waals surface area contributed by atoms with E-state index in [9.17, 15) is 9.59 Å². The van der Waals surface area contributed by atoms with Gasteiger partial charge in [-0.2, -0.15) is 0 Å². The van der Waals surface area contributed by atoms with Crippen LogP contribution < -0.4 is 10.6 Å². The lowest BCUT2D eigenvalue weighted by atomic mass is 10.1. The first-order chi connectivity index (χ1) is 13.5. The number of hydrogen-bond acceptors (Lipinski definition) is 3. The smallest absolute Gasteiger partial charge is 0.239 e. The molecule has 0 saturated carbocycles. The Labute approximate surface area is 167 Å². The molecule has 2 amide bonds. The molecule has 0 atom stereocenters. The molecule has 0 aliphatic heterocycles. The van der Waals surface area contributed by atoms with E-state index < -0.39 is 0 Å². The zero-order valence-electron chi connectivity index (χ0n) is 16.7. The summed E-state index contributed by atoms with van der Waals surface area (Å²) in [6.07, 6.45) is 1.28. The van der Waals surface area contributed by atoms with Gasteiger partial charge in [-0.1, -0.05) is 68.4 Å². The van der Waals surface area contributed by atoms with Crippen molar-refractivity contribution >= 4 is 11.8 Å². The molecule has 0 spiro atoms. The summed E-state index contributed by atoms with van der Waals surface area (Å²) in [5.74, 6) is 0.202. The Kier molecular flexibility index (Phi) is 9.22. The van der Waals surface area contributed by atoms with Crippen molar-refractivity contribution in [1.29, 1.82) is 0 Å². The molecule has 0 bridgehead atoms. The molecule has 0 fully saturated rings. The predicted molar refractivity (Wildman–Crippen MR) is 110 cm³/mol. The maximum absolute atomic E-state index is 11.9. The number of carbonyl (C=O) groups excluding carboxylic acids is 2. The van der Waals surface area contributed by atoms with E-state index in [4.69, 9.17) is 4.74 Å². The molecule has 2 aromatic carbocycles. The van der Waals surface area contributed by atoms with Gasteiger partial charge >= 0.3 is 0 Å². The van der Waals surface area contributed by atoms with Crippen molar-refractivity contribution in [3.8, 4) is 0 Å². The third-order valence-corrected chi connectivity index (χ3v) is 4.26. The van der Waals surface area contributed by atoms with E-state index in [-0.39, 0.29) is 18.4 Å². The molecule has 0 saturated heterocycles. The highest BCUT2D eigenvalue weighted by Crippen LogP contribution is 2.09. The van der Waals surface area contributed by atoms with Crippen LogP contribution in [0.2, 0.25) is 0 Å². The van der Waals surface area contributed by atoms with Gasteiger partial charge in [0.25, 0.3) is 0 Å². The van der Waals surface area contributed by atoms with Crippen molar-refractivity contribution in [2.45, 2.75) is 46.4 Å². The van der Waals surface area contributed by atoms with E-state index in [2.05, 4.69) is 24.5 Å². The normalized spacial score (nSPS) is 10.7. The van der Waals surface area contributed by atoms with Crippen LogP contribution in [0.3, 0.4) is 0 Å². The topological polar surface area (TPSA) is 67.4 Å².